The van der Waals surface area contributed by atoms with Crippen LogP contribution in [0.1, 0.15) is 6.92 Å². The molecule has 0 aliphatic carbocycles. The second kappa shape index (κ2) is 1.54. The Morgan fingerprint density at radius 1 is 1.86 bits per heavy atom. The lowest BCUT2D eigenvalue weighted by Gasteiger charge is -2.13. The van der Waals surface area contributed by atoms with E-state index in [1.807, 2.05) is 6.92 Å². The first kappa shape index (κ1) is 4.65. The van der Waals surface area contributed by atoms with Gasteiger partial charge >= 0.3 is 0 Å². The number of hydrogen-bond donors (Lipinski definition) is 1. The minimum Gasteiger partial charge on any atom is -0.328 e. The van der Waals surface area contributed by atoms with Crippen molar-refractivity contribution in [1.82, 2.24) is 5.32 Å². The fourth-order valence-corrected chi connectivity index (χ4v) is 0.524. The Balaban J connectivity index is 2.62. The molecule has 1 N–H and O–H groups in total. The summed E-state index contributed by atoms with van der Waals surface area (Å²) >= 11 is 5.24. The lowest BCUT2D eigenvalue weighted by molar-refractivity contribution is 0.978. The van der Waals surface area contributed by atoms with Crippen molar-refractivity contribution >= 4 is 17.4 Å². The number of halogens is 1. The molecule has 1 heterocycles. The van der Waals surface area contributed by atoms with Crippen molar-refractivity contribution in [2.45, 2.75) is 6.92 Å². The second-order valence-electron chi connectivity index (χ2n) is 1.32. The molecule has 3 heteroatoms. The maximum absolute atomic E-state index is 5.24. The maximum atomic E-state index is 5.24. The van der Waals surface area contributed by atoms with E-state index in [4.69, 9.17) is 11.6 Å². The first-order valence-electron chi connectivity index (χ1n) is 1.95. The molecular formula is C4H5ClN2. The summed E-state index contributed by atoms with van der Waals surface area (Å²) in [4.78, 5) is 3.88. The summed E-state index contributed by atoms with van der Waals surface area (Å²) in [7, 11) is 0. The van der Waals surface area contributed by atoms with Crippen LogP contribution >= 0.6 is 11.6 Å². The highest BCUT2D eigenvalue weighted by Crippen LogP contribution is 2.02. The van der Waals surface area contributed by atoms with Crippen LogP contribution in [0, 0.1) is 0 Å². The average Bonchev–Trinajstić information content (AvgIpc) is 1.58. The number of nitrogens with zero attached hydrogens (tertiary/aromatic N) is 1. The van der Waals surface area contributed by atoms with E-state index in [9.17, 15) is 0 Å². The summed E-state index contributed by atoms with van der Waals surface area (Å²) in [6.07, 6.45) is 0. The minimum atomic E-state index is 0.749. The van der Waals surface area contributed by atoms with Gasteiger partial charge in [-0.2, -0.15) is 0 Å². The molecule has 7 heavy (non-hydrogen) atoms. The third-order valence-corrected chi connectivity index (χ3v) is 0.907. The summed E-state index contributed by atoms with van der Waals surface area (Å²) in [6, 6.07) is 0. The quantitative estimate of drug-likeness (QED) is 0.503. The van der Waals surface area contributed by atoms with E-state index in [1.165, 1.54) is 5.54 Å². The lowest BCUT2D eigenvalue weighted by Crippen LogP contribution is -2.28. The zero-order valence-corrected chi connectivity index (χ0v) is 4.66. The van der Waals surface area contributed by atoms with Crippen LogP contribution < -0.4 is 5.32 Å². The number of nitrogens with one attached hydrogen (secondary N) is 1. The topological polar surface area (TPSA) is 24.4 Å². The Kier molecular flexibility index (Phi) is 1.02. The fourth-order valence-electron chi connectivity index (χ4n) is 0.421. The predicted molar refractivity (Wildman–Crippen MR) is 30.2 cm³/mol. The van der Waals surface area contributed by atoms with Gasteiger partial charge in [0.25, 0.3) is 0 Å². The molecule has 0 saturated heterocycles. The molecule has 0 aromatic carbocycles. The summed E-state index contributed by atoms with van der Waals surface area (Å²) in [5, 5.41) is 2.87. The van der Waals surface area contributed by atoms with Crippen LogP contribution in [0.25, 0.3) is 0 Å². The van der Waals surface area contributed by atoms with E-state index in [0.717, 1.165) is 11.7 Å². The van der Waals surface area contributed by atoms with Crippen LogP contribution in [0.4, 0.5) is 0 Å². The van der Waals surface area contributed by atoms with Gasteiger partial charge in [-0.05, 0) is 6.92 Å². The normalized spacial score (nSPS) is 23.1. The van der Waals surface area contributed by atoms with E-state index >= 15 is 0 Å². The molecule has 0 fully saturated rings. The highest BCUT2D eigenvalue weighted by atomic mass is 35.5. The SMILES string of the molecule is CC1=NC(=CCl)N1. The van der Waals surface area contributed by atoms with Gasteiger partial charge in [0.1, 0.15) is 11.7 Å². The van der Waals surface area contributed by atoms with Crippen molar-refractivity contribution in [2.24, 2.45) is 4.99 Å². The van der Waals surface area contributed by atoms with Crippen molar-refractivity contribution in [2.75, 3.05) is 0 Å². The molecule has 0 aromatic heterocycles. The van der Waals surface area contributed by atoms with Crippen LogP contribution in [0.2, 0.25) is 0 Å². The van der Waals surface area contributed by atoms with E-state index in [2.05, 4.69) is 10.3 Å². The molecule has 2 nitrogen and oxygen atoms in total. The first-order valence-corrected chi connectivity index (χ1v) is 2.39. The fraction of sp³-hybridized carbons (Fsp3) is 0.250. The zero-order valence-electron chi connectivity index (χ0n) is 3.90. The Morgan fingerprint density at radius 3 is 2.57 bits per heavy atom. The third-order valence-electron chi connectivity index (χ3n) is 0.700. The summed E-state index contributed by atoms with van der Waals surface area (Å²) in [5.41, 5.74) is 1.41. The Hall–Kier alpha value is -0.500. The van der Waals surface area contributed by atoms with Crippen LogP contribution in [0.5, 0.6) is 0 Å². The Bertz CT molecular complexity index is 137. The van der Waals surface area contributed by atoms with Gasteiger partial charge in [0.15, 0.2) is 0 Å². The van der Waals surface area contributed by atoms with E-state index in [1.54, 1.807) is 0 Å². The van der Waals surface area contributed by atoms with Gasteiger partial charge in [-0.3, -0.25) is 0 Å². The monoisotopic (exact) mass is 116 g/mol. The van der Waals surface area contributed by atoms with Gasteiger partial charge in [-0.25, -0.2) is 4.99 Å². The summed E-state index contributed by atoms with van der Waals surface area (Å²) in [6.45, 7) is 1.88. The van der Waals surface area contributed by atoms with Gasteiger partial charge in [0, 0.05) is 5.54 Å². The zero-order chi connectivity index (χ0) is 5.28. The van der Waals surface area contributed by atoms with Crippen molar-refractivity contribution in [3.05, 3.63) is 11.4 Å². The van der Waals surface area contributed by atoms with E-state index < -0.39 is 0 Å². The Morgan fingerprint density at radius 2 is 2.43 bits per heavy atom. The van der Waals surface area contributed by atoms with Crippen molar-refractivity contribution in [1.29, 1.82) is 0 Å². The molecule has 0 atom stereocenters. The lowest BCUT2D eigenvalue weighted by atomic mass is 10.5. The molecule has 1 rings (SSSR count). The smallest absolute Gasteiger partial charge is 0.144 e. The average molecular weight is 117 g/mol. The van der Waals surface area contributed by atoms with Crippen LogP contribution in [-0.4, -0.2) is 5.84 Å². The number of hydrogen-bond acceptors (Lipinski definition) is 2. The van der Waals surface area contributed by atoms with Gasteiger partial charge in [-0.1, -0.05) is 11.6 Å². The summed E-state index contributed by atoms with van der Waals surface area (Å²) < 4.78 is 0. The molecule has 0 radical (unpaired) electrons. The van der Waals surface area contributed by atoms with E-state index in [-0.39, 0.29) is 0 Å². The molecule has 0 amide bonds. The molecular weight excluding hydrogens is 112 g/mol. The van der Waals surface area contributed by atoms with E-state index in [0.29, 0.717) is 0 Å². The number of aliphatic imine (C=N–C) groups is 1. The summed E-state index contributed by atoms with van der Waals surface area (Å²) in [5.74, 6) is 1.67. The van der Waals surface area contributed by atoms with Crippen LogP contribution in [0.3, 0.4) is 0 Å². The number of rotatable bonds is 0. The number of amidine groups is 1. The molecule has 38 valence electrons. The highest BCUT2D eigenvalue weighted by Gasteiger charge is 2.04. The molecule has 0 bridgehead atoms. The predicted octanol–water partition coefficient (Wildman–Crippen LogP) is 1.05. The van der Waals surface area contributed by atoms with Gasteiger partial charge in [0.05, 0.1) is 0 Å². The first-order chi connectivity index (χ1) is 3.33. The van der Waals surface area contributed by atoms with Crippen molar-refractivity contribution in [3.8, 4) is 0 Å². The largest absolute Gasteiger partial charge is 0.328 e. The minimum absolute atomic E-state index is 0.749. The molecule has 0 unspecified atom stereocenters. The molecule has 0 spiro atoms. The highest BCUT2D eigenvalue weighted by molar-refractivity contribution is 6.26. The molecule has 0 saturated carbocycles. The Labute approximate surface area is 46.9 Å². The maximum Gasteiger partial charge on any atom is 0.144 e. The van der Waals surface area contributed by atoms with Crippen molar-refractivity contribution in [3.63, 3.8) is 0 Å². The van der Waals surface area contributed by atoms with Gasteiger partial charge in [0.2, 0.25) is 0 Å². The van der Waals surface area contributed by atoms with Crippen molar-refractivity contribution < 1.29 is 0 Å². The molecule has 1 aliphatic heterocycles. The van der Waals surface area contributed by atoms with Gasteiger partial charge < -0.3 is 5.32 Å². The molecule has 1 aliphatic rings. The molecule has 0 aromatic rings. The van der Waals surface area contributed by atoms with Crippen LogP contribution in [0.15, 0.2) is 16.3 Å². The second-order valence-corrected chi connectivity index (χ2v) is 1.53. The standard InChI is InChI=1S/C4H5ClN2/c1-3-6-4(2-5)7-3/h2H,1H3,(H,6,7). The van der Waals surface area contributed by atoms with Gasteiger partial charge in [-0.15, -0.1) is 0 Å². The van der Waals surface area contributed by atoms with Crippen LogP contribution in [-0.2, 0) is 0 Å². The third kappa shape index (κ3) is 0.747.